The van der Waals surface area contributed by atoms with Crippen molar-refractivity contribution in [1.29, 1.82) is 0 Å². The summed E-state index contributed by atoms with van der Waals surface area (Å²) in [5.74, 6) is 0. The van der Waals surface area contributed by atoms with Gasteiger partial charge in [-0.05, 0) is 33.1 Å². The Labute approximate surface area is 81.2 Å². The molecule has 0 aromatic carbocycles. The average molecular weight is 183 g/mol. The van der Waals surface area contributed by atoms with Gasteiger partial charge in [-0.3, -0.25) is 0 Å². The lowest BCUT2D eigenvalue weighted by Crippen LogP contribution is -2.42. The van der Waals surface area contributed by atoms with E-state index >= 15 is 0 Å². The van der Waals surface area contributed by atoms with Crippen LogP contribution in [0.25, 0.3) is 0 Å². The molecule has 0 aromatic heterocycles. The van der Waals surface area contributed by atoms with Crippen LogP contribution < -0.4 is 0 Å². The van der Waals surface area contributed by atoms with Crippen LogP contribution in [0, 0.1) is 0 Å². The van der Waals surface area contributed by atoms with Gasteiger partial charge in [0, 0.05) is 19.6 Å². The number of rotatable bonds is 3. The Kier molecular flexibility index (Phi) is 3.51. The summed E-state index contributed by atoms with van der Waals surface area (Å²) < 4.78 is 0. The van der Waals surface area contributed by atoms with E-state index in [0.29, 0.717) is 0 Å². The van der Waals surface area contributed by atoms with Gasteiger partial charge in [0.2, 0.25) is 0 Å². The first-order chi connectivity index (χ1) is 5.99. The summed E-state index contributed by atoms with van der Waals surface area (Å²) in [6, 6.07) is 0. The zero-order valence-electron chi connectivity index (χ0n) is 8.84. The Morgan fingerprint density at radius 1 is 1.46 bits per heavy atom. The molecule has 1 aliphatic rings. The molecule has 1 rings (SSSR count). The maximum Gasteiger partial charge on any atom is 0.0644 e. The van der Waals surface area contributed by atoms with Crippen molar-refractivity contribution in [1.82, 2.24) is 4.90 Å². The number of likely N-dealkylation sites (tertiary alicyclic amines) is 1. The molecule has 0 spiro atoms. The maximum atomic E-state index is 9.73. The van der Waals surface area contributed by atoms with E-state index in [1.165, 1.54) is 5.57 Å². The van der Waals surface area contributed by atoms with E-state index in [9.17, 15) is 5.11 Å². The fraction of sp³-hybridized carbons (Fsp3) is 0.818. The zero-order valence-corrected chi connectivity index (χ0v) is 8.84. The molecular formula is C11H21NO. The third kappa shape index (κ3) is 3.92. The minimum Gasteiger partial charge on any atom is -0.390 e. The van der Waals surface area contributed by atoms with Crippen LogP contribution in [0.5, 0.6) is 0 Å². The molecule has 0 unspecified atom stereocenters. The molecule has 76 valence electrons. The van der Waals surface area contributed by atoms with E-state index in [4.69, 9.17) is 0 Å². The third-order valence-electron chi connectivity index (χ3n) is 2.79. The van der Waals surface area contributed by atoms with E-state index in [1.807, 2.05) is 6.92 Å². The van der Waals surface area contributed by atoms with Gasteiger partial charge >= 0.3 is 0 Å². The van der Waals surface area contributed by atoms with Crippen molar-refractivity contribution in [3.05, 3.63) is 12.2 Å². The van der Waals surface area contributed by atoms with Crippen molar-refractivity contribution in [2.24, 2.45) is 0 Å². The lowest BCUT2D eigenvalue weighted by Gasteiger charge is -2.35. The highest BCUT2D eigenvalue weighted by atomic mass is 16.3. The van der Waals surface area contributed by atoms with Crippen LogP contribution in [0.4, 0.5) is 0 Å². The second-order valence-electron chi connectivity index (χ2n) is 4.55. The summed E-state index contributed by atoms with van der Waals surface area (Å²) in [6.45, 7) is 11.1. The van der Waals surface area contributed by atoms with Crippen molar-refractivity contribution in [2.75, 3.05) is 19.6 Å². The summed E-state index contributed by atoms with van der Waals surface area (Å²) in [6.07, 6.45) is 2.90. The summed E-state index contributed by atoms with van der Waals surface area (Å²) in [5.41, 5.74) is 0.831. The molecular weight excluding hydrogens is 162 g/mol. The molecule has 1 N–H and O–H groups in total. The number of aliphatic hydroxyl groups is 1. The lowest BCUT2D eigenvalue weighted by molar-refractivity contribution is -0.00490. The van der Waals surface area contributed by atoms with E-state index in [0.717, 1.165) is 38.9 Å². The van der Waals surface area contributed by atoms with Crippen molar-refractivity contribution in [3.63, 3.8) is 0 Å². The van der Waals surface area contributed by atoms with Gasteiger partial charge in [-0.1, -0.05) is 5.57 Å². The van der Waals surface area contributed by atoms with Crippen LogP contribution in [-0.4, -0.2) is 35.2 Å². The second-order valence-corrected chi connectivity index (χ2v) is 4.55. The molecule has 0 radical (unpaired) electrons. The molecule has 1 aliphatic heterocycles. The highest BCUT2D eigenvalue weighted by Crippen LogP contribution is 2.21. The Balaban J connectivity index is 2.21. The molecule has 0 amide bonds. The average Bonchev–Trinajstić information content (AvgIpc) is 2.02. The van der Waals surface area contributed by atoms with Crippen LogP contribution in [0.15, 0.2) is 12.2 Å². The van der Waals surface area contributed by atoms with Crippen LogP contribution in [0.1, 0.15) is 33.1 Å². The normalized spacial score (nSPS) is 23.0. The fourth-order valence-electron chi connectivity index (χ4n) is 1.61. The molecule has 0 atom stereocenters. The number of nitrogens with zero attached hydrogens (tertiary/aromatic N) is 1. The van der Waals surface area contributed by atoms with Gasteiger partial charge in [-0.15, -0.1) is 6.58 Å². The number of hydrogen-bond donors (Lipinski definition) is 1. The van der Waals surface area contributed by atoms with Crippen molar-refractivity contribution in [2.45, 2.75) is 38.7 Å². The smallest absolute Gasteiger partial charge is 0.0644 e. The topological polar surface area (TPSA) is 23.5 Å². The highest BCUT2D eigenvalue weighted by molar-refractivity contribution is 4.90. The minimum atomic E-state index is -0.417. The van der Waals surface area contributed by atoms with Crippen LogP contribution in [-0.2, 0) is 0 Å². The van der Waals surface area contributed by atoms with Crippen molar-refractivity contribution in [3.8, 4) is 0 Å². The summed E-state index contributed by atoms with van der Waals surface area (Å²) in [5, 5.41) is 9.73. The van der Waals surface area contributed by atoms with Crippen LogP contribution in [0.3, 0.4) is 0 Å². The number of piperidine rings is 1. The molecule has 1 saturated heterocycles. The lowest BCUT2D eigenvalue weighted by atomic mass is 9.94. The Hall–Kier alpha value is -0.340. The quantitative estimate of drug-likeness (QED) is 0.674. The van der Waals surface area contributed by atoms with Gasteiger partial charge < -0.3 is 10.0 Å². The zero-order chi connectivity index (χ0) is 9.90. The predicted molar refractivity (Wildman–Crippen MR) is 55.7 cm³/mol. The van der Waals surface area contributed by atoms with Gasteiger partial charge in [-0.25, -0.2) is 0 Å². The Bertz CT molecular complexity index is 177. The van der Waals surface area contributed by atoms with Gasteiger partial charge in [0.1, 0.15) is 0 Å². The van der Waals surface area contributed by atoms with Crippen molar-refractivity contribution >= 4 is 0 Å². The van der Waals surface area contributed by atoms with E-state index in [2.05, 4.69) is 18.4 Å². The summed E-state index contributed by atoms with van der Waals surface area (Å²) in [7, 11) is 0. The molecule has 1 heterocycles. The molecule has 0 saturated carbocycles. The first kappa shape index (κ1) is 10.7. The molecule has 13 heavy (non-hydrogen) atoms. The van der Waals surface area contributed by atoms with Gasteiger partial charge in [0.05, 0.1) is 5.60 Å². The molecule has 1 fully saturated rings. The van der Waals surface area contributed by atoms with Gasteiger partial charge in [0.15, 0.2) is 0 Å². The SMILES string of the molecule is C=C(C)CCN1CCC(C)(O)CC1. The molecule has 0 aliphatic carbocycles. The molecule has 0 bridgehead atoms. The largest absolute Gasteiger partial charge is 0.390 e. The van der Waals surface area contributed by atoms with E-state index < -0.39 is 5.60 Å². The monoisotopic (exact) mass is 183 g/mol. The number of hydrogen-bond acceptors (Lipinski definition) is 2. The second kappa shape index (κ2) is 4.25. The van der Waals surface area contributed by atoms with E-state index in [-0.39, 0.29) is 0 Å². The van der Waals surface area contributed by atoms with Crippen LogP contribution in [0.2, 0.25) is 0 Å². The van der Waals surface area contributed by atoms with Crippen LogP contribution >= 0.6 is 0 Å². The summed E-state index contributed by atoms with van der Waals surface area (Å²) in [4.78, 5) is 2.41. The first-order valence-corrected chi connectivity index (χ1v) is 5.09. The fourth-order valence-corrected chi connectivity index (χ4v) is 1.61. The Morgan fingerprint density at radius 2 is 2.00 bits per heavy atom. The predicted octanol–water partition coefficient (Wildman–Crippen LogP) is 1.80. The highest BCUT2D eigenvalue weighted by Gasteiger charge is 2.26. The molecule has 2 heteroatoms. The van der Waals surface area contributed by atoms with Gasteiger partial charge in [-0.2, -0.15) is 0 Å². The minimum absolute atomic E-state index is 0.417. The third-order valence-corrected chi connectivity index (χ3v) is 2.79. The molecule has 2 nitrogen and oxygen atoms in total. The summed E-state index contributed by atoms with van der Waals surface area (Å²) >= 11 is 0. The van der Waals surface area contributed by atoms with Crippen molar-refractivity contribution < 1.29 is 5.11 Å². The standard InChI is InChI=1S/C11H21NO/c1-10(2)4-7-12-8-5-11(3,13)6-9-12/h13H,1,4-9H2,2-3H3. The van der Waals surface area contributed by atoms with E-state index in [1.54, 1.807) is 0 Å². The first-order valence-electron chi connectivity index (χ1n) is 5.09. The molecule has 0 aromatic rings. The van der Waals surface area contributed by atoms with Gasteiger partial charge in [0.25, 0.3) is 0 Å². The maximum absolute atomic E-state index is 9.73. The Morgan fingerprint density at radius 3 is 2.46 bits per heavy atom.